The van der Waals surface area contributed by atoms with E-state index in [1.807, 2.05) is 18.2 Å². The molecule has 21 heavy (non-hydrogen) atoms. The molecule has 1 atom stereocenters. The van der Waals surface area contributed by atoms with Crippen LogP contribution in [0.4, 0.5) is 5.82 Å². The number of nitrogens with zero attached hydrogens (tertiary/aromatic N) is 4. The van der Waals surface area contributed by atoms with Crippen molar-refractivity contribution in [3.63, 3.8) is 0 Å². The molecule has 0 bridgehead atoms. The van der Waals surface area contributed by atoms with Gasteiger partial charge in [-0.3, -0.25) is 9.48 Å². The van der Waals surface area contributed by atoms with Crippen molar-refractivity contribution in [2.75, 3.05) is 18.0 Å². The van der Waals surface area contributed by atoms with Crippen molar-refractivity contribution in [1.82, 2.24) is 20.1 Å². The Kier molecular flexibility index (Phi) is 3.85. The topological polar surface area (TPSA) is 63.1 Å². The van der Waals surface area contributed by atoms with Crippen molar-refractivity contribution in [3.05, 3.63) is 42.4 Å². The molecule has 0 aliphatic carbocycles. The first kappa shape index (κ1) is 13.6. The molecule has 6 heteroatoms. The van der Waals surface area contributed by atoms with Crippen LogP contribution in [0.3, 0.4) is 0 Å². The highest BCUT2D eigenvalue weighted by Crippen LogP contribution is 2.17. The van der Waals surface area contributed by atoms with Gasteiger partial charge in [0.25, 0.3) is 5.91 Å². The number of carbonyl (C=O) groups excluding carboxylic acids is 1. The maximum Gasteiger partial charge on any atom is 0.272 e. The monoisotopic (exact) mass is 285 g/mol. The van der Waals surface area contributed by atoms with Gasteiger partial charge in [-0.05, 0) is 31.0 Å². The molecule has 0 saturated carbocycles. The van der Waals surface area contributed by atoms with E-state index in [-0.39, 0.29) is 11.9 Å². The molecule has 0 radical (unpaired) electrons. The van der Waals surface area contributed by atoms with Gasteiger partial charge in [0.1, 0.15) is 11.5 Å². The number of hydrogen-bond donors (Lipinski definition) is 1. The molecule has 0 aromatic carbocycles. The van der Waals surface area contributed by atoms with Gasteiger partial charge in [0.05, 0.1) is 0 Å². The van der Waals surface area contributed by atoms with E-state index in [1.54, 1.807) is 30.2 Å². The van der Waals surface area contributed by atoms with E-state index in [1.165, 1.54) is 0 Å². The first-order chi connectivity index (χ1) is 10.2. The van der Waals surface area contributed by atoms with Crippen LogP contribution in [0.2, 0.25) is 0 Å². The first-order valence-electron chi connectivity index (χ1n) is 7.19. The molecule has 3 heterocycles. The Morgan fingerprint density at radius 1 is 1.38 bits per heavy atom. The van der Waals surface area contributed by atoms with Crippen molar-refractivity contribution in [2.45, 2.75) is 18.9 Å². The van der Waals surface area contributed by atoms with Gasteiger partial charge in [0, 0.05) is 38.6 Å². The highest BCUT2D eigenvalue weighted by atomic mass is 16.2. The van der Waals surface area contributed by atoms with Crippen LogP contribution >= 0.6 is 0 Å². The molecule has 0 spiro atoms. The first-order valence-corrected chi connectivity index (χ1v) is 7.19. The van der Waals surface area contributed by atoms with Gasteiger partial charge in [0.2, 0.25) is 0 Å². The van der Waals surface area contributed by atoms with Crippen LogP contribution in [0.15, 0.2) is 36.7 Å². The second-order valence-corrected chi connectivity index (χ2v) is 5.32. The SMILES string of the molecule is Cn1ccc(C(=O)N[C@@H]2CCCN(c3ccccn3)C2)n1. The number of pyridine rings is 1. The lowest BCUT2D eigenvalue weighted by Gasteiger charge is -2.33. The zero-order chi connectivity index (χ0) is 14.7. The summed E-state index contributed by atoms with van der Waals surface area (Å²) in [6, 6.07) is 7.76. The van der Waals surface area contributed by atoms with Crippen molar-refractivity contribution in [1.29, 1.82) is 0 Å². The Labute approximate surface area is 123 Å². The van der Waals surface area contributed by atoms with Crippen LogP contribution < -0.4 is 10.2 Å². The summed E-state index contributed by atoms with van der Waals surface area (Å²) in [5.41, 5.74) is 0.465. The Balaban J connectivity index is 1.62. The molecular formula is C15H19N5O. The minimum atomic E-state index is -0.108. The smallest absolute Gasteiger partial charge is 0.272 e. The van der Waals surface area contributed by atoms with Gasteiger partial charge >= 0.3 is 0 Å². The molecule has 1 saturated heterocycles. The van der Waals surface area contributed by atoms with E-state index in [0.29, 0.717) is 5.69 Å². The molecule has 1 aliphatic heterocycles. The van der Waals surface area contributed by atoms with Crippen molar-refractivity contribution < 1.29 is 4.79 Å². The molecule has 6 nitrogen and oxygen atoms in total. The van der Waals surface area contributed by atoms with Crippen LogP contribution in [-0.2, 0) is 7.05 Å². The summed E-state index contributed by atoms with van der Waals surface area (Å²) in [5.74, 6) is 0.859. The van der Waals surface area contributed by atoms with Crippen LogP contribution in [-0.4, -0.2) is 39.8 Å². The van der Waals surface area contributed by atoms with Gasteiger partial charge in [-0.25, -0.2) is 4.98 Å². The zero-order valence-electron chi connectivity index (χ0n) is 12.1. The second-order valence-electron chi connectivity index (χ2n) is 5.32. The number of nitrogens with one attached hydrogen (secondary N) is 1. The van der Waals surface area contributed by atoms with Crippen LogP contribution in [0.1, 0.15) is 23.3 Å². The zero-order valence-corrected chi connectivity index (χ0v) is 12.1. The summed E-state index contributed by atoms with van der Waals surface area (Å²) < 4.78 is 1.63. The summed E-state index contributed by atoms with van der Waals surface area (Å²) in [6.45, 7) is 1.77. The molecule has 2 aromatic heterocycles. The number of anilines is 1. The third-order valence-corrected chi connectivity index (χ3v) is 3.68. The third kappa shape index (κ3) is 3.21. The Morgan fingerprint density at radius 3 is 3.00 bits per heavy atom. The molecular weight excluding hydrogens is 266 g/mol. The number of hydrogen-bond acceptors (Lipinski definition) is 4. The maximum absolute atomic E-state index is 12.1. The average Bonchev–Trinajstić information content (AvgIpc) is 2.95. The predicted molar refractivity (Wildman–Crippen MR) is 80.1 cm³/mol. The molecule has 2 aromatic rings. The number of aryl methyl sites for hydroxylation is 1. The summed E-state index contributed by atoms with van der Waals surface area (Å²) in [6.07, 6.45) is 5.60. The number of piperidine rings is 1. The average molecular weight is 285 g/mol. The molecule has 1 amide bonds. The fraction of sp³-hybridized carbons (Fsp3) is 0.400. The van der Waals surface area contributed by atoms with E-state index < -0.39 is 0 Å². The minimum absolute atomic E-state index is 0.108. The second kappa shape index (κ2) is 5.95. The van der Waals surface area contributed by atoms with Crippen molar-refractivity contribution >= 4 is 11.7 Å². The number of amides is 1. The summed E-state index contributed by atoms with van der Waals surface area (Å²) in [5, 5.41) is 7.20. The van der Waals surface area contributed by atoms with Gasteiger partial charge in [-0.1, -0.05) is 6.07 Å². The lowest BCUT2D eigenvalue weighted by atomic mass is 10.1. The molecule has 1 fully saturated rings. The van der Waals surface area contributed by atoms with Crippen LogP contribution in [0, 0.1) is 0 Å². The van der Waals surface area contributed by atoms with E-state index >= 15 is 0 Å². The summed E-state index contributed by atoms with van der Waals surface area (Å²) in [7, 11) is 1.81. The molecule has 1 N–H and O–H groups in total. The van der Waals surface area contributed by atoms with Gasteiger partial charge < -0.3 is 10.2 Å². The molecule has 3 rings (SSSR count). The standard InChI is InChI=1S/C15H19N5O/c1-19-10-7-13(18-19)15(21)17-12-5-4-9-20(11-12)14-6-2-3-8-16-14/h2-3,6-8,10,12H,4-5,9,11H2,1H3,(H,17,21)/t12-/m1/s1. The van der Waals surface area contributed by atoms with Crippen LogP contribution in [0.5, 0.6) is 0 Å². The molecule has 110 valence electrons. The Hall–Kier alpha value is -2.37. The predicted octanol–water partition coefficient (Wildman–Crippen LogP) is 1.21. The fourth-order valence-electron chi connectivity index (χ4n) is 2.64. The summed E-state index contributed by atoms with van der Waals surface area (Å²) in [4.78, 5) is 18.7. The fourth-order valence-corrected chi connectivity index (χ4v) is 2.64. The van der Waals surface area contributed by atoms with E-state index in [4.69, 9.17) is 0 Å². The normalized spacial score (nSPS) is 18.5. The van der Waals surface area contributed by atoms with E-state index in [9.17, 15) is 4.79 Å². The largest absolute Gasteiger partial charge is 0.355 e. The minimum Gasteiger partial charge on any atom is -0.355 e. The van der Waals surface area contributed by atoms with Crippen molar-refractivity contribution in [2.24, 2.45) is 7.05 Å². The van der Waals surface area contributed by atoms with Gasteiger partial charge in [0.15, 0.2) is 0 Å². The number of aromatic nitrogens is 3. The Bertz CT molecular complexity index is 610. The number of carbonyl (C=O) groups is 1. The molecule has 1 aliphatic rings. The lowest BCUT2D eigenvalue weighted by molar-refractivity contribution is 0.0927. The quantitative estimate of drug-likeness (QED) is 0.921. The van der Waals surface area contributed by atoms with Gasteiger partial charge in [-0.15, -0.1) is 0 Å². The van der Waals surface area contributed by atoms with E-state index in [0.717, 1.165) is 31.7 Å². The summed E-state index contributed by atoms with van der Waals surface area (Å²) >= 11 is 0. The lowest BCUT2D eigenvalue weighted by Crippen LogP contribution is -2.48. The molecule has 0 unspecified atom stereocenters. The highest BCUT2D eigenvalue weighted by Gasteiger charge is 2.23. The maximum atomic E-state index is 12.1. The third-order valence-electron chi connectivity index (χ3n) is 3.68. The van der Waals surface area contributed by atoms with Gasteiger partial charge in [-0.2, -0.15) is 5.10 Å². The Morgan fingerprint density at radius 2 is 2.29 bits per heavy atom. The number of rotatable bonds is 3. The van der Waals surface area contributed by atoms with Crippen LogP contribution in [0.25, 0.3) is 0 Å². The highest BCUT2D eigenvalue weighted by molar-refractivity contribution is 5.92. The van der Waals surface area contributed by atoms with E-state index in [2.05, 4.69) is 20.3 Å². The van der Waals surface area contributed by atoms with Crippen molar-refractivity contribution in [3.8, 4) is 0 Å².